The van der Waals surface area contributed by atoms with Gasteiger partial charge in [0.15, 0.2) is 0 Å². The molecule has 2 rings (SSSR count). The Morgan fingerprint density at radius 1 is 1.50 bits per heavy atom. The summed E-state index contributed by atoms with van der Waals surface area (Å²) in [6.07, 6.45) is 0. The zero-order valence-corrected chi connectivity index (χ0v) is 11.1. The molecule has 16 heavy (non-hydrogen) atoms. The standard InChI is InChI=1S/C9H8Br2N4O/c1-14-9(16)15(13-12-14)8-4-2-3-7(11)6(8)5-10/h2-4H,5H2,1H3/i1D3. The fraction of sp³-hybridized carbons (Fsp3) is 0.222. The minimum absolute atomic E-state index is 0.381. The highest BCUT2D eigenvalue weighted by molar-refractivity contribution is 9.10. The van der Waals surface area contributed by atoms with Crippen LogP contribution in [0.1, 0.15) is 9.68 Å². The maximum Gasteiger partial charge on any atom is 0.368 e. The molecule has 2 aromatic rings. The van der Waals surface area contributed by atoms with Crippen LogP contribution < -0.4 is 5.69 Å². The fourth-order valence-electron chi connectivity index (χ4n) is 1.28. The van der Waals surface area contributed by atoms with Gasteiger partial charge in [-0.05, 0) is 22.6 Å². The lowest BCUT2D eigenvalue weighted by molar-refractivity contribution is 0.692. The first-order chi connectivity index (χ1) is 8.86. The molecule has 0 bridgehead atoms. The third-order valence-corrected chi connectivity index (χ3v) is 3.34. The van der Waals surface area contributed by atoms with Crippen LogP contribution in [0, 0.1) is 0 Å². The Morgan fingerprint density at radius 3 is 2.94 bits per heavy atom. The van der Waals surface area contributed by atoms with Gasteiger partial charge in [0.25, 0.3) is 0 Å². The van der Waals surface area contributed by atoms with E-state index in [1.807, 2.05) is 6.07 Å². The van der Waals surface area contributed by atoms with Gasteiger partial charge in [-0.1, -0.05) is 37.9 Å². The molecule has 0 spiro atoms. The van der Waals surface area contributed by atoms with Crippen molar-refractivity contribution < 1.29 is 4.11 Å². The highest BCUT2D eigenvalue weighted by Crippen LogP contribution is 2.24. The van der Waals surface area contributed by atoms with Crippen molar-refractivity contribution in [2.45, 2.75) is 5.33 Å². The predicted molar refractivity (Wildman–Crippen MR) is 66.9 cm³/mol. The zero-order valence-electron chi connectivity index (χ0n) is 10.9. The number of alkyl halides is 1. The molecule has 0 aliphatic rings. The molecule has 0 aliphatic heterocycles. The molecule has 7 heteroatoms. The van der Waals surface area contributed by atoms with E-state index in [1.165, 1.54) is 0 Å². The Labute approximate surface area is 113 Å². The minimum Gasteiger partial charge on any atom is -0.244 e. The van der Waals surface area contributed by atoms with Crippen molar-refractivity contribution in [3.05, 3.63) is 38.7 Å². The van der Waals surface area contributed by atoms with Crippen molar-refractivity contribution >= 4 is 31.9 Å². The zero-order chi connectivity index (χ0) is 14.2. The molecule has 1 heterocycles. The Balaban J connectivity index is 2.65. The van der Waals surface area contributed by atoms with Crippen LogP contribution >= 0.6 is 31.9 Å². The molecule has 0 N–H and O–H groups in total. The lowest BCUT2D eigenvalue weighted by atomic mass is 10.2. The molecule has 0 amide bonds. The highest BCUT2D eigenvalue weighted by atomic mass is 79.9. The van der Waals surface area contributed by atoms with Crippen molar-refractivity contribution in [3.63, 3.8) is 0 Å². The van der Waals surface area contributed by atoms with E-state index in [0.29, 0.717) is 15.7 Å². The summed E-state index contributed by atoms with van der Waals surface area (Å²) >= 11 is 6.68. The van der Waals surface area contributed by atoms with Gasteiger partial charge in [0.2, 0.25) is 0 Å². The second kappa shape index (κ2) is 4.50. The van der Waals surface area contributed by atoms with Crippen molar-refractivity contribution in [2.24, 2.45) is 6.98 Å². The van der Waals surface area contributed by atoms with Crippen LogP contribution in [-0.4, -0.2) is 19.8 Å². The van der Waals surface area contributed by atoms with Crippen LogP contribution in [0.15, 0.2) is 27.5 Å². The molecule has 0 saturated carbocycles. The summed E-state index contributed by atoms with van der Waals surface area (Å²) in [5.74, 6) is 0. The van der Waals surface area contributed by atoms with Gasteiger partial charge >= 0.3 is 5.69 Å². The van der Waals surface area contributed by atoms with E-state index in [0.717, 1.165) is 14.7 Å². The molecule has 0 atom stereocenters. The second-order valence-corrected chi connectivity index (χ2v) is 4.37. The summed E-state index contributed by atoms with van der Waals surface area (Å²) in [6.45, 7) is -2.64. The maximum atomic E-state index is 12.0. The number of benzene rings is 1. The van der Waals surface area contributed by atoms with Gasteiger partial charge in [0.05, 0.1) is 5.69 Å². The van der Waals surface area contributed by atoms with Crippen LogP contribution in [0.3, 0.4) is 0 Å². The first kappa shape index (κ1) is 8.19. The average Bonchev–Trinajstić information content (AvgIpc) is 2.70. The summed E-state index contributed by atoms with van der Waals surface area (Å²) in [6, 6.07) is 5.22. The number of halogens is 2. The van der Waals surface area contributed by atoms with E-state index in [-0.39, 0.29) is 0 Å². The molecule has 1 aromatic heterocycles. The number of nitrogens with zero attached hydrogens (tertiary/aromatic N) is 4. The van der Waals surface area contributed by atoms with Gasteiger partial charge in [-0.25, -0.2) is 4.79 Å². The monoisotopic (exact) mass is 349 g/mol. The summed E-state index contributed by atoms with van der Waals surface area (Å²) in [4.78, 5) is 12.0. The summed E-state index contributed by atoms with van der Waals surface area (Å²) in [7, 11) is 0. The molecule has 0 fully saturated rings. The molecule has 5 nitrogen and oxygen atoms in total. The van der Waals surface area contributed by atoms with Crippen LogP contribution in [-0.2, 0) is 12.3 Å². The third-order valence-electron chi connectivity index (χ3n) is 2.04. The fourth-order valence-corrected chi connectivity index (χ4v) is 2.74. The van der Waals surface area contributed by atoms with Crippen LogP contribution in [0.25, 0.3) is 5.69 Å². The van der Waals surface area contributed by atoms with Crippen molar-refractivity contribution in [3.8, 4) is 5.69 Å². The van der Waals surface area contributed by atoms with E-state index in [2.05, 4.69) is 42.3 Å². The van der Waals surface area contributed by atoms with Gasteiger partial charge < -0.3 is 0 Å². The van der Waals surface area contributed by atoms with E-state index in [1.54, 1.807) is 12.1 Å². The average molecular weight is 351 g/mol. The van der Waals surface area contributed by atoms with Crippen LogP contribution in [0.2, 0.25) is 0 Å². The summed E-state index contributed by atoms with van der Waals surface area (Å²) < 4.78 is 23.7. The Kier molecular flexibility index (Phi) is 2.30. The predicted octanol–water partition coefficient (Wildman–Crippen LogP) is 1.62. The van der Waals surface area contributed by atoms with E-state index < -0.39 is 12.7 Å². The van der Waals surface area contributed by atoms with Crippen LogP contribution in [0.4, 0.5) is 0 Å². The normalized spacial score (nSPS) is 14.2. The lowest BCUT2D eigenvalue weighted by Crippen LogP contribution is -2.22. The molecule has 0 radical (unpaired) electrons. The highest BCUT2D eigenvalue weighted by Gasteiger charge is 2.12. The minimum atomic E-state index is -2.64. The number of hydrogen-bond acceptors (Lipinski definition) is 3. The van der Waals surface area contributed by atoms with E-state index >= 15 is 0 Å². The van der Waals surface area contributed by atoms with Gasteiger partial charge in [0.1, 0.15) is 0 Å². The van der Waals surface area contributed by atoms with Crippen molar-refractivity contribution in [1.29, 1.82) is 0 Å². The first-order valence-corrected chi connectivity index (χ1v) is 6.17. The molecule has 84 valence electrons. The molecule has 1 aromatic carbocycles. The summed E-state index contributed by atoms with van der Waals surface area (Å²) in [5, 5.41) is 7.49. The first-order valence-electron chi connectivity index (χ1n) is 5.75. The Bertz CT molecular complexity index is 664. The lowest BCUT2D eigenvalue weighted by Gasteiger charge is -2.06. The molecular weight excluding hydrogens is 340 g/mol. The quantitative estimate of drug-likeness (QED) is 0.773. The van der Waals surface area contributed by atoms with E-state index in [4.69, 9.17) is 4.11 Å². The molecule has 0 unspecified atom stereocenters. The smallest absolute Gasteiger partial charge is 0.244 e. The number of aromatic nitrogens is 4. The van der Waals surface area contributed by atoms with Gasteiger partial charge in [-0.15, -0.1) is 0 Å². The van der Waals surface area contributed by atoms with Gasteiger partial charge in [-0.3, -0.25) is 0 Å². The number of tetrazole rings is 1. The van der Waals surface area contributed by atoms with Crippen LogP contribution in [0.5, 0.6) is 0 Å². The molecular formula is C9H8Br2N4O. The third kappa shape index (κ3) is 1.84. The molecule has 0 aliphatic carbocycles. The second-order valence-electron chi connectivity index (χ2n) is 2.96. The summed E-state index contributed by atoms with van der Waals surface area (Å²) in [5.41, 5.74) is 0.453. The SMILES string of the molecule is [2H]C([2H])([2H])n1nnn(-c2cccc(Br)c2CBr)c1=O. The maximum absolute atomic E-state index is 12.0. The Morgan fingerprint density at radius 2 is 2.31 bits per heavy atom. The Hall–Kier alpha value is -0.950. The van der Waals surface area contributed by atoms with Gasteiger partial charge in [-0.2, -0.15) is 9.36 Å². The molecule has 0 saturated heterocycles. The van der Waals surface area contributed by atoms with Crippen molar-refractivity contribution in [2.75, 3.05) is 0 Å². The number of hydrogen-bond donors (Lipinski definition) is 0. The van der Waals surface area contributed by atoms with E-state index in [9.17, 15) is 4.79 Å². The van der Waals surface area contributed by atoms with Gasteiger partial charge in [0, 0.05) is 26.5 Å². The topological polar surface area (TPSA) is 52.7 Å². The van der Waals surface area contributed by atoms with Crippen molar-refractivity contribution in [1.82, 2.24) is 19.8 Å². The number of aryl methyl sites for hydroxylation is 1. The number of rotatable bonds is 2. The largest absolute Gasteiger partial charge is 0.368 e.